The van der Waals surface area contributed by atoms with Crippen LogP contribution in [0.2, 0.25) is 5.02 Å². The average Bonchev–Trinajstić information content (AvgIpc) is 3.18. The normalized spacial score (nSPS) is 15.2. The van der Waals surface area contributed by atoms with Crippen molar-refractivity contribution < 1.29 is 18.3 Å². The lowest BCUT2D eigenvalue weighted by Crippen LogP contribution is -2.35. The molecule has 0 unspecified atom stereocenters. The number of sulfonamides is 1. The molecule has 6 nitrogen and oxygen atoms in total. The molecule has 8 heteroatoms. The number of anilines is 1. The molecule has 1 fully saturated rings. The summed E-state index contributed by atoms with van der Waals surface area (Å²) < 4.78 is 27.2. The molecule has 0 aliphatic heterocycles. The maximum absolute atomic E-state index is 12.9. The number of rotatable bonds is 5. The number of phenols is 1. The minimum Gasteiger partial charge on any atom is -0.506 e. The summed E-state index contributed by atoms with van der Waals surface area (Å²) in [5, 5.41) is 12.7. The van der Waals surface area contributed by atoms with E-state index in [1.807, 2.05) is 0 Å². The van der Waals surface area contributed by atoms with Crippen LogP contribution in [0, 0.1) is 0 Å². The van der Waals surface area contributed by atoms with E-state index in [2.05, 4.69) is 5.32 Å². The van der Waals surface area contributed by atoms with E-state index in [9.17, 15) is 18.3 Å². The predicted octanol–water partition coefficient (Wildman–Crippen LogP) is 3.86. The van der Waals surface area contributed by atoms with E-state index in [0.717, 1.165) is 25.7 Å². The molecule has 0 radical (unpaired) electrons. The Labute approximate surface area is 163 Å². The molecule has 2 aromatic rings. The minimum absolute atomic E-state index is 0.00381. The van der Waals surface area contributed by atoms with Crippen LogP contribution >= 0.6 is 11.6 Å². The first-order valence-corrected chi connectivity index (χ1v) is 10.5. The first-order valence-electron chi connectivity index (χ1n) is 8.67. The molecule has 27 heavy (non-hydrogen) atoms. The lowest BCUT2D eigenvalue weighted by Gasteiger charge is -2.23. The third kappa shape index (κ3) is 4.26. The predicted molar refractivity (Wildman–Crippen MR) is 105 cm³/mol. The van der Waals surface area contributed by atoms with Crippen LogP contribution in [0.15, 0.2) is 47.4 Å². The highest BCUT2D eigenvalue weighted by molar-refractivity contribution is 7.89. The third-order valence-corrected chi connectivity index (χ3v) is 6.96. The van der Waals surface area contributed by atoms with Gasteiger partial charge in [0.1, 0.15) is 5.75 Å². The molecule has 2 N–H and O–H groups in total. The Kier molecular flexibility index (Phi) is 5.74. The summed E-state index contributed by atoms with van der Waals surface area (Å²) in [7, 11) is -2.10. The maximum atomic E-state index is 12.9. The largest absolute Gasteiger partial charge is 0.506 e. The molecule has 1 aliphatic rings. The molecule has 2 aromatic carbocycles. The number of hydrogen-bond donors (Lipinski definition) is 2. The van der Waals surface area contributed by atoms with Gasteiger partial charge >= 0.3 is 0 Å². The summed E-state index contributed by atoms with van der Waals surface area (Å²) >= 11 is 5.88. The monoisotopic (exact) mass is 408 g/mol. The fraction of sp³-hybridized carbons (Fsp3) is 0.316. The van der Waals surface area contributed by atoms with Crippen molar-refractivity contribution in [2.24, 2.45) is 0 Å². The number of hydrogen-bond acceptors (Lipinski definition) is 4. The van der Waals surface area contributed by atoms with Crippen molar-refractivity contribution in [3.63, 3.8) is 0 Å². The van der Waals surface area contributed by atoms with Gasteiger partial charge in [0.15, 0.2) is 0 Å². The van der Waals surface area contributed by atoms with Crippen LogP contribution in [0.25, 0.3) is 0 Å². The lowest BCUT2D eigenvalue weighted by atomic mass is 10.2. The van der Waals surface area contributed by atoms with Crippen LogP contribution in [-0.4, -0.2) is 36.8 Å². The first-order chi connectivity index (χ1) is 12.8. The Morgan fingerprint density at radius 2 is 1.89 bits per heavy atom. The van der Waals surface area contributed by atoms with Gasteiger partial charge in [0.2, 0.25) is 10.0 Å². The van der Waals surface area contributed by atoms with E-state index in [-0.39, 0.29) is 27.9 Å². The van der Waals surface area contributed by atoms with Crippen molar-refractivity contribution >= 4 is 33.2 Å². The Morgan fingerprint density at radius 3 is 2.59 bits per heavy atom. The van der Waals surface area contributed by atoms with E-state index >= 15 is 0 Å². The van der Waals surface area contributed by atoms with Crippen LogP contribution in [0.5, 0.6) is 5.75 Å². The van der Waals surface area contributed by atoms with Gasteiger partial charge < -0.3 is 10.4 Å². The van der Waals surface area contributed by atoms with Crippen LogP contribution in [0.1, 0.15) is 36.0 Å². The first kappa shape index (κ1) is 19.7. The van der Waals surface area contributed by atoms with Gasteiger partial charge in [0, 0.05) is 23.7 Å². The topological polar surface area (TPSA) is 86.7 Å². The molecule has 3 rings (SSSR count). The number of carbonyl (C=O) groups is 1. The molecule has 0 aromatic heterocycles. The van der Waals surface area contributed by atoms with Crippen LogP contribution in [0.3, 0.4) is 0 Å². The highest BCUT2D eigenvalue weighted by Gasteiger charge is 2.30. The Morgan fingerprint density at radius 1 is 1.19 bits per heavy atom. The summed E-state index contributed by atoms with van der Waals surface area (Å²) in [5.41, 5.74) is 0.333. The van der Waals surface area contributed by atoms with Crippen LogP contribution < -0.4 is 5.32 Å². The fourth-order valence-corrected chi connectivity index (χ4v) is 4.87. The quantitative estimate of drug-likeness (QED) is 0.735. The number of phenolic OH excluding ortho intramolecular Hbond substituents is 1. The van der Waals surface area contributed by atoms with Gasteiger partial charge in [-0.3, -0.25) is 4.79 Å². The van der Waals surface area contributed by atoms with Crippen molar-refractivity contribution in [2.75, 3.05) is 12.4 Å². The summed E-state index contributed by atoms with van der Waals surface area (Å²) in [6.07, 6.45) is 3.75. The summed E-state index contributed by atoms with van der Waals surface area (Å²) in [6.45, 7) is 0. The third-order valence-electron chi connectivity index (χ3n) is 4.82. The average molecular weight is 409 g/mol. The van der Waals surface area contributed by atoms with Crippen molar-refractivity contribution in [3.05, 3.63) is 53.1 Å². The number of benzene rings is 2. The van der Waals surface area contributed by atoms with Crippen LogP contribution in [-0.2, 0) is 10.0 Å². The van der Waals surface area contributed by atoms with Gasteiger partial charge in [-0.05, 0) is 49.2 Å². The van der Waals surface area contributed by atoms with E-state index in [1.54, 1.807) is 7.05 Å². The second kappa shape index (κ2) is 7.88. The molecule has 0 bridgehead atoms. The fourth-order valence-electron chi connectivity index (χ4n) is 3.23. The molecular weight excluding hydrogens is 388 g/mol. The van der Waals surface area contributed by atoms with Crippen molar-refractivity contribution in [2.45, 2.75) is 36.6 Å². The second-order valence-corrected chi connectivity index (χ2v) is 9.04. The van der Waals surface area contributed by atoms with E-state index in [0.29, 0.717) is 5.02 Å². The number of nitrogens with one attached hydrogen (secondary N) is 1. The highest BCUT2D eigenvalue weighted by Crippen LogP contribution is 2.29. The summed E-state index contributed by atoms with van der Waals surface area (Å²) in [5.74, 6) is -0.661. The summed E-state index contributed by atoms with van der Waals surface area (Å²) in [6, 6.07) is 10.2. The number of carbonyl (C=O) groups excluding carboxylic acids is 1. The zero-order valence-electron chi connectivity index (χ0n) is 14.9. The Hall–Kier alpha value is -2.09. The zero-order chi connectivity index (χ0) is 19.6. The van der Waals surface area contributed by atoms with Gasteiger partial charge in [-0.2, -0.15) is 4.31 Å². The Bertz CT molecular complexity index is 956. The number of halogens is 1. The maximum Gasteiger partial charge on any atom is 0.255 e. The highest BCUT2D eigenvalue weighted by atomic mass is 35.5. The van der Waals surface area contributed by atoms with Crippen molar-refractivity contribution in [3.8, 4) is 5.75 Å². The zero-order valence-corrected chi connectivity index (χ0v) is 16.4. The lowest BCUT2D eigenvalue weighted by molar-refractivity contribution is 0.102. The van der Waals surface area contributed by atoms with Gasteiger partial charge in [0.25, 0.3) is 5.91 Å². The molecular formula is C19H21ClN2O4S. The van der Waals surface area contributed by atoms with Crippen molar-refractivity contribution in [1.82, 2.24) is 4.31 Å². The standard InChI is InChI=1S/C19H21ClN2O4S/c1-22(15-6-2-3-7-15)27(25,26)16-8-4-5-13(11-16)19(24)21-17-12-14(20)9-10-18(17)23/h4-5,8-12,15,23H,2-3,6-7H2,1H3,(H,21,24). The number of amides is 1. The molecule has 0 heterocycles. The second-order valence-electron chi connectivity index (χ2n) is 6.60. The Balaban J connectivity index is 1.84. The minimum atomic E-state index is -3.68. The molecule has 0 saturated heterocycles. The molecule has 1 amide bonds. The van der Waals surface area contributed by atoms with Gasteiger partial charge in [-0.1, -0.05) is 30.5 Å². The molecule has 144 valence electrons. The smallest absolute Gasteiger partial charge is 0.255 e. The number of aromatic hydroxyl groups is 1. The number of nitrogens with zero attached hydrogens (tertiary/aromatic N) is 1. The SMILES string of the molecule is CN(C1CCCC1)S(=O)(=O)c1cccc(C(=O)Nc2cc(Cl)ccc2O)c1. The molecule has 0 spiro atoms. The summed E-state index contributed by atoms with van der Waals surface area (Å²) in [4.78, 5) is 12.6. The van der Waals surface area contributed by atoms with Crippen molar-refractivity contribution in [1.29, 1.82) is 0 Å². The van der Waals surface area contributed by atoms with Gasteiger partial charge in [-0.25, -0.2) is 8.42 Å². The van der Waals surface area contributed by atoms with E-state index in [4.69, 9.17) is 11.6 Å². The molecule has 0 atom stereocenters. The van der Waals surface area contributed by atoms with E-state index < -0.39 is 15.9 Å². The van der Waals surface area contributed by atoms with Gasteiger partial charge in [0.05, 0.1) is 10.6 Å². The molecule has 1 saturated carbocycles. The van der Waals surface area contributed by atoms with Gasteiger partial charge in [-0.15, -0.1) is 0 Å². The van der Waals surface area contributed by atoms with Crippen LogP contribution in [0.4, 0.5) is 5.69 Å². The molecule has 1 aliphatic carbocycles. The van der Waals surface area contributed by atoms with E-state index in [1.165, 1.54) is 46.8 Å².